The molecule has 0 unspecified atom stereocenters. The molecule has 1 heterocycles. The smallest absolute Gasteiger partial charge is 0.140 e. The Balaban J connectivity index is 2.16. The minimum absolute atomic E-state index is 0.0737. The van der Waals surface area contributed by atoms with Crippen LogP contribution in [0.4, 0.5) is 0 Å². The topological polar surface area (TPSA) is 38.0 Å². The predicted octanol–water partition coefficient (Wildman–Crippen LogP) is 3.82. The zero-order valence-corrected chi connectivity index (χ0v) is 12.7. The highest BCUT2D eigenvalue weighted by Gasteiger charge is 2.15. The van der Waals surface area contributed by atoms with Crippen LogP contribution in [-0.2, 0) is 12.0 Å². The minimum atomic E-state index is -0.0737. The number of para-hydroxylation sites is 2. The van der Waals surface area contributed by atoms with Crippen molar-refractivity contribution in [1.82, 2.24) is 9.55 Å². The van der Waals surface area contributed by atoms with Crippen molar-refractivity contribution in [2.45, 2.75) is 32.8 Å². The van der Waals surface area contributed by atoms with Crippen LogP contribution in [0, 0.1) is 0 Å². The molecule has 0 fully saturated rings. The zero-order chi connectivity index (χ0) is 15.0. The fourth-order valence-electron chi connectivity index (χ4n) is 2.58. The highest BCUT2D eigenvalue weighted by molar-refractivity contribution is 5.78. The van der Waals surface area contributed by atoms with E-state index in [0.29, 0.717) is 5.82 Å². The number of rotatable bonds is 2. The molecular formula is C18H20N2O. The monoisotopic (exact) mass is 280 g/mol. The first-order valence-corrected chi connectivity index (χ1v) is 7.19. The van der Waals surface area contributed by atoms with Crippen LogP contribution >= 0.6 is 0 Å². The third kappa shape index (κ3) is 2.45. The molecule has 3 rings (SSSR count). The van der Waals surface area contributed by atoms with E-state index in [4.69, 9.17) is 0 Å². The Bertz CT molecular complexity index is 764. The van der Waals surface area contributed by atoms with E-state index in [9.17, 15) is 5.11 Å². The first-order valence-electron chi connectivity index (χ1n) is 7.19. The summed E-state index contributed by atoms with van der Waals surface area (Å²) >= 11 is 0. The lowest BCUT2D eigenvalue weighted by Gasteiger charge is -2.19. The fraction of sp³-hybridized carbons (Fsp3) is 0.278. The van der Waals surface area contributed by atoms with E-state index in [0.717, 1.165) is 16.7 Å². The van der Waals surface area contributed by atoms with Crippen molar-refractivity contribution in [3.63, 3.8) is 0 Å². The molecule has 0 spiro atoms. The van der Waals surface area contributed by atoms with Gasteiger partial charge in [0.1, 0.15) is 12.4 Å². The molecule has 0 saturated heterocycles. The number of benzene rings is 2. The van der Waals surface area contributed by atoms with E-state index in [2.05, 4.69) is 50.0 Å². The van der Waals surface area contributed by atoms with Crippen molar-refractivity contribution in [3.8, 4) is 5.69 Å². The van der Waals surface area contributed by atoms with Gasteiger partial charge in [0.25, 0.3) is 0 Å². The molecule has 0 amide bonds. The molecule has 0 aliphatic rings. The van der Waals surface area contributed by atoms with E-state index >= 15 is 0 Å². The molecule has 0 saturated carbocycles. The lowest BCUT2D eigenvalue weighted by molar-refractivity contribution is 0.270. The molecule has 1 N–H and O–H groups in total. The maximum absolute atomic E-state index is 9.58. The molecule has 0 radical (unpaired) electrons. The molecule has 1 aromatic heterocycles. The van der Waals surface area contributed by atoms with Gasteiger partial charge < -0.3 is 5.11 Å². The van der Waals surface area contributed by atoms with E-state index < -0.39 is 0 Å². The average Bonchev–Trinajstić information content (AvgIpc) is 2.85. The van der Waals surface area contributed by atoms with E-state index in [1.54, 1.807) is 0 Å². The van der Waals surface area contributed by atoms with Gasteiger partial charge in [-0.25, -0.2) is 4.98 Å². The Hall–Kier alpha value is -2.13. The summed E-state index contributed by atoms with van der Waals surface area (Å²) in [4.78, 5) is 4.49. The van der Waals surface area contributed by atoms with Crippen LogP contribution in [0.5, 0.6) is 0 Å². The summed E-state index contributed by atoms with van der Waals surface area (Å²) in [5.41, 5.74) is 4.38. The molecule has 3 heteroatoms. The molecule has 0 aliphatic carbocycles. The maximum Gasteiger partial charge on any atom is 0.140 e. The lowest BCUT2D eigenvalue weighted by atomic mass is 9.87. The minimum Gasteiger partial charge on any atom is -0.388 e. The van der Waals surface area contributed by atoms with Crippen molar-refractivity contribution in [3.05, 3.63) is 59.9 Å². The first kappa shape index (κ1) is 13.8. The summed E-state index contributed by atoms with van der Waals surface area (Å²) in [6.07, 6.45) is 0. The molecule has 0 atom stereocenters. The highest BCUT2D eigenvalue weighted by atomic mass is 16.3. The maximum atomic E-state index is 9.58. The van der Waals surface area contributed by atoms with Gasteiger partial charge in [-0.3, -0.25) is 4.57 Å². The quantitative estimate of drug-likeness (QED) is 0.775. The summed E-state index contributed by atoms with van der Waals surface area (Å²) < 4.78 is 2.02. The van der Waals surface area contributed by atoms with Crippen LogP contribution in [0.25, 0.3) is 16.7 Å². The molecular weight excluding hydrogens is 260 g/mol. The van der Waals surface area contributed by atoms with Crippen molar-refractivity contribution >= 4 is 11.0 Å². The van der Waals surface area contributed by atoms with Gasteiger partial charge in [-0.1, -0.05) is 45.0 Å². The van der Waals surface area contributed by atoms with Crippen molar-refractivity contribution in [1.29, 1.82) is 0 Å². The molecule has 0 bridgehead atoms. The molecule has 21 heavy (non-hydrogen) atoms. The Morgan fingerprint density at radius 3 is 2.29 bits per heavy atom. The number of aliphatic hydroxyl groups excluding tert-OH is 1. The van der Waals surface area contributed by atoms with Gasteiger partial charge in [-0.05, 0) is 35.2 Å². The molecule has 3 nitrogen and oxygen atoms in total. The Labute approximate surface area is 124 Å². The first-order chi connectivity index (χ1) is 10.0. The van der Waals surface area contributed by atoms with Crippen molar-refractivity contribution in [2.75, 3.05) is 0 Å². The number of fused-ring (bicyclic) bond motifs is 1. The number of aliphatic hydroxyl groups is 1. The Morgan fingerprint density at radius 1 is 1.00 bits per heavy atom. The summed E-state index contributed by atoms with van der Waals surface area (Å²) in [7, 11) is 0. The van der Waals surface area contributed by atoms with E-state index in [-0.39, 0.29) is 12.0 Å². The number of aromatic nitrogens is 2. The predicted molar refractivity (Wildman–Crippen MR) is 85.7 cm³/mol. The van der Waals surface area contributed by atoms with E-state index in [1.165, 1.54) is 5.56 Å². The number of hydrogen-bond acceptors (Lipinski definition) is 2. The second-order valence-electron chi connectivity index (χ2n) is 6.31. The van der Waals surface area contributed by atoms with E-state index in [1.807, 2.05) is 28.8 Å². The normalized spacial score (nSPS) is 12.0. The largest absolute Gasteiger partial charge is 0.388 e. The molecule has 3 aromatic rings. The molecule has 2 aromatic carbocycles. The SMILES string of the molecule is CC(C)(C)c1ccc(-n2c(CO)nc3ccccc32)cc1. The Kier molecular flexibility index (Phi) is 3.30. The zero-order valence-electron chi connectivity index (χ0n) is 12.7. The van der Waals surface area contributed by atoms with Gasteiger partial charge >= 0.3 is 0 Å². The standard InChI is InChI=1S/C18H20N2O/c1-18(2,3)13-8-10-14(11-9-13)20-16-7-5-4-6-15(16)19-17(20)12-21/h4-11,21H,12H2,1-3H3. The van der Waals surface area contributed by atoms with Gasteiger partial charge in [0.05, 0.1) is 11.0 Å². The highest BCUT2D eigenvalue weighted by Crippen LogP contribution is 2.26. The van der Waals surface area contributed by atoms with Crippen LogP contribution in [0.1, 0.15) is 32.2 Å². The van der Waals surface area contributed by atoms with Gasteiger partial charge in [0.2, 0.25) is 0 Å². The number of nitrogens with zero attached hydrogens (tertiary/aromatic N) is 2. The summed E-state index contributed by atoms with van der Waals surface area (Å²) in [5, 5.41) is 9.58. The second kappa shape index (κ2) is 5.01. The molecule has 0 aliphatic heterocycles. The third-order valence-corrected chi connectivity index (χ3v) is 3.76. The van der Waals surface area contributed by atoms with Gasteiger partial charge in [0.15, 0.2) is 0 Å². The van der Waals surface area contributed by atoms with Crippen LogP contribution < -0.4 is 0 Å². The van der Waals surface area contributed by atoms with Crippen LogP contribution in [-0.4, -0.2) is 14.7 Å². The van der Waals surface area contributed by atoms with Gasteiger partial charge in [0, 0.05) is 5.69 Å². The fourth-order valence-corrected chi connectivity index (χ4v) is 2.58. The van der Waals surface area contributed by atoms with Crippen LogP contribution in [0.3, 0.4) is 0 Å². The number of imidazole rings is 1. The van der Waals surface area contributed by atoms with Crippen molar-refractivity contribution in [2.24, 2.45) is 0 Å². The molecule has 108 valence electrons. The summed E-state index contributed by atoms with van der Waals surface area (Å²) in [6, 6.07) is 16.4. The van der Waals surface area contributed by atoms with Gasteiger partial charge in [-0.15, -0.1) is 0 Å². The summed E-state index contributed by atoms with van der Waals surface area (Å²) in [5.74, 6) is 0.666. The second-order valence-corrected chi connectivity index (χ2v) is 6.31. The average molecular weight is 280 g/mol. The summed E-state index contributed by atoms with van der Waals surface area (Å²) in [6.45, 7) is 6.53. The Morgan fingerprint density at radius 2 is 1.67 bits per heavy atom. The van der Waals surface area contributed by atoms with Crippen molar-refractivity contribution < 1.29 is 5.11 Å². The van der Waals surface area contributed by atoms with Crippen LogP contribution in [0.2, 0.25) is 0 Å². The lowest BCUT2D eigenvalue weighted by Crippen LogP contribution is -2.11. The number of hydrogen-bond donors (Lipinski definition) is 1. The van der Waals surface area contributed by atoms with Gasteiger partial charge in [-0.2, -0.15) is 0 Å². The van der Waals surface area contributed by atoms with Crippen LogP contribution in [0.15, 0.2) is 48.5 Å². The third-order valence-electron chi connectivity index (χ3n) is 3.76.